The van der Waals surface area contributed by atoms with Crippen molar-refractivity contribution in [3.63, 3.8) is 0 Å². The van der Waals surface area contributed by atoms with E-state index in [1.54, 1.807) is 0 Å². The fourth-order valence-electron chi connectivity index (χ4n) is 2.16. The minimum atomic E-state index is 0.646. The van der Waals surface area contributed by atoms with E-state index in [4.69, 9.17) is 0 Å². The fraction of sp³-hybridized carbons (Fsp3) is 0.412. The quantitative estimate of drug-likeness (QED) is 0.797. The zero-order valence-electron chi connectivity index (χ0n) is 12.2. The molecule has 102 valence electrons. The van der Waals surface area contributed by atoms with Crippen LogP contribution >= 0.6 is 0 Å². The number of hydrogen-bond acceptors (Lipinski definition) is 1. The Hall–Kier alpha value is -1.70. The van der Waals surface area contributed by atoms with Crippen LogP contribution in [-0.2, 0) is 13.1 Å². The van der Waals surface area contributed by atoms with E-state index in [0.717, 1.165) is 13.1 Å². The zero-order chi connectivity index (χ0) is 13.7. The molecule has 0 bridgehead atoms. The highest BCUT2D eigenvalue weighted by molar-refractivity contribution is 5.45. The molecule has 0 saturated heterocycles. The number of nitrogens with zero attached hydrogens (tertiary/aromatic N) is 1. The summed E-state index contributed by atoms with van der Waals surface area (Å²) in [5.41, 5.74) is 3.94. The van der Waals surface area contributed by atoms with Crippen LogP contribution in [-0.4, -0.2) is 4.57 Å². The van der Waals surface area contributed by atoms with E-state index in [0.29, 0.717) is 5.92 Å². The topological polar surface area (TPSA) is 17.0 Å². The molecule has 0 saturated carbocycles. The Balaban J connectivity index is 1.92. The van der Waals surface area contributed by atoms with E-state index in [1.807, 2.05) is 0 Å². The van der Waals surface area contributed by atoms with Gasteiger partial charge >= 0.3 is 0 Å². The van der Waals surface area contributed by atoms with Crippen molar-refractivity contribution >= 4 is 5.69 Å². The van der Waals surface area contributed by atoms with Crippen LogP contribution in [0.5, 0.6) is 0 Å². The normalized spacial score (nSPS) is 12.4. The van der Waals surface area contributed by atoms with Crippen molar-refractivity contribution < 1.29 is 0 Å². The molecule has 19 heavy (non-hydrogen) atoms. The molecule has 0 spiro atoms. The SMILES string of the molecule is CCC(C)c1ccc(NCc2ccn(CC)c2)cc1. The summed E-state index contributed by atoms with van der Waals surface area (Å²) in [6.07, 6.45) is 5.51. The third-order valence-electron chi connectivity index (χ3n) is 3.77. The van der Waals surface area contributed by atoms with Crippen LogP contribution in [0.2, 0.25) is 0 Å². The molecule has 1 N–H and O–H groups in total. The second kappa shape index (κ2) is 6.46. The van der Waals surface area contributed by atoms with E-state index >= 15 is 0 Å². The van der Waals surface area contributed by atoms with Gasteiger partial charge in [0.05, 0.1) is 0 Å². The summed E-state index contributed by atoms with van der Waals surface area (Å²) < 4.78 is 2.20. The van der Waals surface area contributed by atoms with E-state index in [2.05, 4.69) is 73.4 Å². The van der Waals surface area contributed by atoms with Crippen LogP contribution in [0.3, 0.4) is 0 Å². The predicted octanol–water partition coefficient (Wildman–Crippen LogP) is 4.63. The molecule has 2 heteroatoms. The molecule has 0 radical (unpaired) electrons. The number of hydrogen-bond donors (Lipinski definition) is 1. The predicted molar refractivity (Wildman–Crippen MR) is 82.6 cm³/mol. The Bertz CT molecular complexity index is 496. The largest absolute Gasteiger partial charge is 0.381 e. The molecule has 1 unspecified atom stereocenters. The molecule has 0 amide bonds. The Kier molecular flexibility index (Phi) is 4.67. The van der Waals surface area contributed by atoms with Gasteiger partial charge in [0.2, 0.25) is 0 Å². The smallest absolute Gasteiger partial charge is 0.0415 e. The summed E-state index contributed by atoms with van der Waals surface area (Å²) in [4.78, 5) is 0. The van der Waals surface area contributed by atoms with Crippen LogP contribution in [0.25, 0.3) is 0 Å². The van der Waals surface area contributed by atoms with Crippen LogP contribution in [0.15, 0.2) is 42.7 Å². The summed E-state index contributed by atoms with van der Waals surface area (Å²) in [5.74, 6) is 0.646. The van der Waals surface area contributed by atoms with Crippen LogP contribution in [0.1, 0.15) is 44.2 Å². The molecule has 0 aliphatic carbocycles. The lowest BCUT2D eigenvalue weighted by molar-refractivity contribution is 0.734. The van der Waals surface area contributed by atoms with E-state index in [-0.39, 0.29) is 0 Å². The number of aromatic nitrogens is 1. The molecule has 0 aliphatic heterocycles. The fourth-order valence-corrected chi connectivity index (χ4v) is 2.16. The Labute approximate surface area is 116 Å². The average Bonchev–Trinajstić information content (AvgIpc) is 2.93. The van der Waals surface area contributed by atoms with Crippen molar-refractivity contribution in [3.8, 4) is 0 Å². The van der Waals surface area contributed by atoms with Gasteiger partial charge < -0.3 is 9.88 Å². The number of rotatable bonds is 6. The van der Waals surface area contributed by atoms with Crippen molar-refractivity contribution in [2.75, 3.05) is 5.32 Å². The van der Waals surface area contributed by atoms with Crippen molar-refractivity contribution in [3.05, 3.63) is 53.9 Å². The highest BCUT2D eigenvalue weighted by Crippen LogP contribution is 2.20. The third-order valence-corrected chi connectivity index (χ3v) is 3.77. The number of nitrogens with one attached hydrogen (secondary N) is 1. The van der Waals surface area contributed by atoms with Gasteiger partial charge in [-0.15, -0.1) is 0 Å². The van der Waals surface area contributed by atoms with Gasteiger partial charge in [-0.05, 0) is 48.6 Å². The Morgan fingerprint density at radius 1 is 1.11 bits per heavy atom. The molecule has 1 aromatic carbocycles. The Morgan fingerprint density at radius 2 is 1.84 bits per heavy atom. The summed E-state index contributed by atoms with van der Waals surface area (Å²) in [6.45, 7) is 8.58. The average molecular weight is 256 g/mol. The van der Waals surface area contributed by atoms with Gasteiger partial charge in [-0.3, -0.25) is 0 Å². The molecule has 1 heterocycles. The Morgan fingerprint density at radius 3 is 2.42 bits per heavy atom. The van der Waals surface area contributed by atoms with Crippen LogP contribution < -0.4 is 5.32 Å². The van der Waals surface area contributed by atoms with Crippen LogP contribution in [0.4, 0.5) is 5.69 Å². The van der Waals surface area contributed by atoms with Gasteiger partial charge in [-0.25, -0.2) is 0 Å². The molecule has 1 atom stereocenters. The minimum Gasteiger partial charge on any atom is -0.381 e. The molecule has 2 rings (SSSR count). The maximum atomic E-state index is 3.47. The maximum absolute atomic E-state index is 3.47. The standard InChI is InChI=1S/C17H24N2/c1-4-14(3)16-6-8-17(9-7-16)18-12-15-10-11-19(5-2)13-15/h6-11,13-14,18H,4-5,12H2,1-3H3. The van der Waals surface area contributed by atoms with Gasteiger partial charge in [0.15, 0.2) is 0 Å². The van der Waals surface area contributed by atoms with Crippen molar-refractivity contribution in [2.45, 2.75) is 46.2 Å². The summed E-state index contributed by atoms with van der Waals surface area (Å²) in [7, 11) is 0. The number of anilines is 1. The molecule has 0 fully saturated rings. The first kappa shape index (κ1) is 13.7. The molecular formula is C17H24N2. The van der Waals surface area contributed by atoms with E-state index < -0.39 is 0 Å². The summed E-state index contributed by atoms with van der Waals surface area (Å²) in [5, 5.41) is 3.47. The molecule has 2 nitrogen and oxygen atoms in total. The van der Waals surface area contributed by atoms with Crippen molar-refractivity contribution in [2.24, 2.45) is 0 Å². The van der Waals surface area contributed by atoms with Crippen LogP contribution in [0, 0.1) is 0 Å². The summed E-state index contributed by atoms with van der Waals surface area (Å²) in [6, 6.07) is 11.0. The van der Waals surface area contributed by atoms with Gasteiger partial charge in [-0.1, -0.05) is 26.0 Å². The first-order chi connectivity index (χ1) is 9.22. The van der Waals surface area contributed by atoms with Crippen molar-refractivity contribution in [1.29, 1.82) is 0 Å². The minimum absolute atomic E-state index is 0.646. The second-order valence-electron chi connectivity index (χ2n) is 5.14. The van der Waals surface area contributed by atoms with E-state index in [1.165, 1.54) is 23.2 Å². The first-order valence-electron chi connectivity index (χ1n) is 7.21. The van der Waals surface area contributed by atoms with Gasteiger partial charge in [0.25, 0.3) is 0 Å². The lowest BCUT2D eigenvalue weighted by Gasteiger charge is -2.10. The zero-order valence-corrected chi connectivity index (χ0v) is 12.2. The van der Waals surface area contributed by atoms with E-state index in [9.17, 15) is 0 Å². The number of aryl methyl sites for hydroxylation is 1. The van der Waals surface area contributed by atoms with Gasteiger partial charge in [-0.2, -0.15) is 0 Å². The molecule has 2 aromatic rings. The van der Waals surface area contributed by atoms with Gasteiger partial charge in [0, 0.05) is 31.2 Å². The lowest BCUT2D eigenvalue weighted by Crippen LogP contribution is -1.99. The highest BCUT2D eigenvalue weighted by Gasteiger charge is 2.02. The van der Waals surface area contributed by atoms with Crippen molar-refractivity contribution in [1.82, 2.24) is 4.57 Å². The molecule has 0 aliphatic rings. The first-order valence-corrected chi connectivity index (χ1v) is 7.21. The number of benzene rings is 1. The highest BCUT2D eigenvalue weighted by atomic mass is 14.9. The maximum Gasteiger partial charge on any atom is 0.0415 e. The monoisotopic (exact) mass is 256 g/mol. The van der Waals surface area contributed by atoms with Gasteiger partial charge in [0.1, 0.15) is 0 Å². The summed E-state index contributed by atoms with van der Waals surface area (Å²) >= 11 is 0. The lowest BCUT2D eigenvalue weighted by atomic mass is 9.99. The molecular weight excluding hydrogens is 232 g/mol. The second-order valence-corrected chi connectivity index (χ2v) is 5.14. The molecule has 1 aromatic heterocycles. The third kappa shape index (κ3) is 3.63.